The van der Waals surface area contributed by atoms with Crippen LogP contribution in [0.5, 0.6) is 0 Å². The van der Waals surface area contributed by atoms with E-state index in [4.69, 9.17) is 9.15 Å². The summed E-state index contributed by atoms with van der Waals surface area (Å²) in [6.07, 6.45) is 0.562. The van der Waals surface area contributed by atoms with Crippen LogP contribution in [0.3, 0.4) is 0 Å². The van der Waals surface area contributed by atoms with Crippen molar-refractivity contribution in [3.8, 4) is 0 Å². The fraction of sp³-hybridized carbons (Fsp3) is 0.786. The van der Waals surface area contributed by atoms with Gasteiger partial charge >= 0.3 is 0 Å². The van der Waals surface area contributed by atoms with Gasteiger partial charge < -0.3 is 14.1 Å². The predicted molar refractivity (Wildman–Crippen MR) is 72.9 cm³/mol. The van der Waals surface area contributed by atoms with E-state index in [-0.39, 0.29) is 23.5 Å². The summed E-state index contributed by atoms with van der Waals surface area (Å²) in [6.45, 7) is 10.7. The molecule has 112 valence electrons. The van der Waals surface area contributed by atoms with Gasteiger partial charge in [-0.05, 0) is 33.1 Å². The van der Waals surface area contributed by atoms with E-state index in [9.17, 15) is 4.79 Å². The average Bonchev–Trinajstić information content (AvgIpc) is 2.93. The van der Waals surface area contributed by atoms with E-state index in [1.807, 2.05) is 27.7 Å². The SMILES string of the molecule is Cc1nnc(CN(C(=O)C2OCCC2C)C(C)(C)C)o1. The first-order valence-electron chi connectivity index (χ1n) is 7.01. The lowest BCUT2D eigenvalue weighted by molar-refractivity contribution is -0.148. The fourth-order valence-corrected chi connectivity index (χ4v) is 2.35. The molecule has 2 heterocycles. The molecule has 1 aromatic heterocycles. The highest BCUT2D eigenvalue weighted by molar-refractivity contribution is 5.82. The van der Waals surface area contributed by atoms with Crippen molar-refractivity contribution in [1.29, 1.82) is 0 Å². The molecule has 0 saturated carbocycles. The van der Waals surface area contributed by atoms with Crippen LogP contribution in [-0.4, -0.2) is 39.3 Å². The molecular weight excluding hydrogens is 258 g/mol. The zero-order chi connectivity index (χ0) is 14.9. The second kappa shape index (κ2) is 5.52. The number of hydrogen-bond acceptors (Lipinski definition) is 5. The molecule has 0 radical (unpaired) electrons. The zero-order valence-corrected chi connectivity index (χ0v) is 12.8. The second-order valence-corrected chi connectivity index (χ2v) is 6.37. The first kappa shape index (κ1) is 15.0. The largest absolute Gasteiger partial charge is 0.424 e. The number of aryl methyl sites for hydroxylation is 1. The van der Waals surface area contributed by atoms with Crippen molar-refractivity contribution in [2.75, 3.05) is 6.61 Å². The van der Waals surface area contributed by atoms with Crippen molar-refractivity contribution >= 4 is 5.91 Å². The minimum atomic E-state index is -0.363. The number of amides is 1. The maximum absolute atomic E-state index is 12.7. The molecule has 20 heavy (non-hydrogen) atoms. The third-order valence-corrected chi connectivity index (χ3v) is 3.57. The molecule has 2 atom stereocenters. The molecule has 1 aliphatic heterocycles. The van der Waals surface area contributed by atoms with Gasteiger partial charge in [-0.2, -0.15) is 0 Å². The van der Waals surface area contributed by atoms with Gasteiger partial charge in [0.25, 0.3) is 5.91 Å². The van der Waals surface area contributed by atoms with Crippen molar-refractivity contribution in [3.63, 3.8) is 0 Å². The number of carbonyl (C=O) groups is 1. The number of hydrogen-bond donors (Lipinski definition) is 0. The molecule has 1 aliphatic rings. The van der Waals surface area contributed by atoms with Crippen molar-refractivity contribution in [2.45, 2.75) is 59.2 Å². The Morgan fingerprint density at radius 3 is 2.55 bits per heavy atom. The molecule has 0 aromatic carbocycles. The van der Waals surface area contributed by atoms with Crippen LogP contribution in [0.2, 0.25) is 0 Å². The summed E-state index contributed by atoms with van der Waals surface area (Å²) in [5.74, 6) is 1.21. The predicted octanol–water partition coefficient (Wildman–Crippen LogP) is 1.93. The Balaban J connectivity index is 2.17. The van der Waals surface area contributed by atoms with Gasteiger partial charge in [0.2, 0.25) is 11.8 Å². The minimum absolute atomic E-state index is 0.00152. The number of aromatic nitrogens is 2. The van der Waals surface area contributed by atoms with Crippen molar-refractivity contribution in [1.82, 2.24) is 15.1 Å². The third-order valence-electron chi connectivity index (χ3n) is 3.57. The first-order chi connectivity index (χ1) is 9.29. The normalized spacial score (nSPS) is 23.1. The summed E-state index contributed by atoms with van der Waals surface area (Å²) in [5, 5.41) is 7.78. The summed E-state index contributed by atoms with van der Waals surface area (Å²) in [4.78, 5) is 14.5. The Morgan fingerprint density at radius 2 is 2.10 bits per heavy atom. The van der Waals surface area contributed by atoms with E-state index in [2.05, 4.69) is 10.2 Å². The Hall–Kier alpha value is -1.43. The van der Waals surface area contributed by atoms with Gasteiger partial charge in [-0.15, -0.1) is 10.2 Å². The summed E-state index contributed by atoms with van der Waals surface area (Å²) >= 11 is 0. The van der Waals surface area contributed by atoms with Crippen molar-refractivity contribution < 1.29 is 13.9 Å². The van der Waals surface area contributed by atoms with E-state index in [0.29, 0.717) is 24.9 Å². The highest BCUT2D eigenvalue weighted by atomic mass is 16.5. The molecule has 2 rings (SSSR count). The molecule has 6 heteroatoms. The van der Waals surface area contributed by atoms with Gasteiger partial charge in [0, 0.05) is 19.1 Å². The second-order valence-electron chi connectivity index (χ2n) is 6.37. The summed E-state index contributed by atoms with van der Waals surface area (Å²) in [7, 11) is 0. The lowest BCUT2D eigenvalue weighted by Gasteiger charge is -2.36. The van der Waals surface area contributed by atoms with Crippen molar-refractivity contribution in [3.05, 3.63) is 11.8 Å². The van der Waals surface area contributed by atoms with E-state index in [1.165, 1.54) is 0 Å². The Labute approximate surface area is 119 Å². The summed E-state index contributed by atoms with van der Waals surface area (Å²) < 4.78 is 11.0. The van der Waals surface area contributed by atoms with Gasteiger partial charge in [0.15, 0.2) is 0 Å². The quantitative estimate of drug-likeness (QED) is 0.846. The van der Waals surface area contributed by atoms with Crippen LogP contribution in [0.4, 0.5) is 0 Å². The maximum Gasteiger partial charge on any atom is 0.252 e. The average molecular weight is 281 g/mol. The molecule has 0 N–H and O–H groups in total. The van der Waals surface area contributed by atoms with Crippen LogP contribution >= 0.6 is 0 Å². The van der Waals surface area contributed by atoms with Gasteiger partial charge in [-0.3, -0.25) is 4.79 Å². The molecule has 0 aliphatic carbocycles. The highest BCUT2D eigenvalue weighted by Crippen LogP contribution is 2.26. The fourth-order valence-electron chi connectivity index (χ4n) is 2.35. The van der Waals surface area contributed by atoms with E-state index >= 15 is 0 Å². The third kappa shape index (κ3) is 3.17. The Morgan fingerprint density at radius 1 is 1.40 bits per heavy atom. The Bertz CT molecular complexity index is 478. The molecule has 0 bridgehead atoms. The van der Waals surface area contributed by atoms with Gasteiger partial charge in [-0.1, -0.05) is 6.92 Å². The first-order valence-corrected chi connectivity index (χ1v) is 7.01. The topological polar surface area (TPSA) is 68.5 Å². The summed E-state index contributed by atoms with van der Waals surface area (Å²) in [5.41, 5.74) is -0.328. The molecule has 2 unspecified atom stereocenters. The van der Waals surface area contributed by atoms with Crippen LogP contribution < -0.4 is 0 Å². The van der Waals surface area contributed by atoms with Crippen LogP contribution in [0, 0.1) is 12.8 Å². The van der Waals surface area contributed by atoms with Gasteiger partial charge in [0.1, 0.15) is 6.10 Å². The molecule has 1 fully saturated rings. The number of rotatable bonds is 3. The van der Waals surface area contributed by atoms with Crippen molar-refractivity contribution in [2.24, 2.45) is 5.92 Å². The standard InChI is InChI=1S/C14H23N3O3/c1-9-6-7-19-12(9)13(18)17(14(3,4)5)8-11-16-15-10(2)20-11/h9,12H,6-8H2,1-5H3. The molecule has 1 amide bonds. The smallest absolute Gasteiger partial charge is 0.252 e. The zero-order valence-electron chi connectivity index (χ0n) is 12.8. The molecule has 1 aromatic rings. The lowest BCUT2D eigenvalue weighted by Crippen LogP contribution is -2.50. The maximum atomic E-state index is 12.7. The van der Waals surface area contributed by atoms with E-state index < -0.39 is 0 Å². The highest BCUT2D eigenvalue weighted by Gasteiger charge is 2.38. The molecule has 6 nitrogen and oxygen atoms in total. The van der Waals surface area contributed by atoms with Crippen LogP contribution in [0.1, 0.15) is 45.9 Å². The van der Waals surface area contributed by atoms with Gasteiger partial charge in [-0.25, -0.2) is 0 Å². The molecule has 0 spiro atoms. The van der Waals surface area contributed by atoms with Crippen LogP contribution in [0.25, 0.3) is 0 Å². The van der Waals surface area contributed by atoms with Gasteiger partial charge in [0.05, 0.1) is 6.54 Å². The summed E-state index contributed by atoms with van der Waals surface area (Å²) in [6, 6.07) is 0. The lowest BCUT2D eigenvalue weighted by atomic mass is 9.99. The molecular formula is C14H23N3O3. The molecule has 1 saturated heterocycles. The minimum Gasteiger partial charge on any atom is -0.424 e. The van der Waals surface area contributed by atoms with Crippen LogP contribution in [-0.2, 0) is 16.1 Å². The number of nitrogens with zero attached hydrogens (tertiary/aromatic N) is 3. The van der Waals surface area contributed by atoms with E-state index in [1.54, 1.807) is 11.8 Å². The van der Waals surface area contributed by atoms with Crippen LogP contribution in [0.15, 0.2) is 4.42 Å². The Kier molecular flexibility index (Phi) is 4.13. The number of carbonyl (C=O) groups excluding carboxylic acids is 1. The number of ether oxygens (including phenoxy) is 1. The monoisotopic (exact) mass is 281 g/mol. The van der Waals surface area contributed by atoms with E-state index in [0.717, 1.165) is 6.42 Å².